The number of benzene rings is 1. The van der Waals surface area contributed by atoms with E-state index in [1.807, 2.05) is 25.1 Å². The minimum Gasteiger partial charge on any atom is -0.396 e. The molecule has 2 N–H and O–H groups in total. The van der Waals surface area contributed by atoms with Gasteiger partial charge in [0.2, 0.25) is 0 Å². The topological polar surface area (TPSA) is 41.5 Å². The number of aliphatic hydroxyl groups excluding tert-OH is 1. The Morgan fingerprint density at radius 2 is 2.28 bits per heavy atom. The van der Waals surface area contributed by atoms with Gasteiger partial charge in [-0.15, -0.1) is 12.4 Å². The largest absolute Gasteiger partial charge is 0.396 e. The van der Waals surface area contributed by atoms with E-state index in [2.05, 4.69) is 5.32 Å². The van der Waals surface area contributed by atoms with E-state index in [0.717, 1.165) is 29.2 Å². The van der Waals surface area contributed by atoms with Gasteiger partial charge in [0, 0.05) is 30.6 Å². The second kappa shape index (κ2) is 7.31. The molecule has 0 unspecified atom stereocenters. The zero-order valence-electron chi connectivity index (χ0n) is 10.4. The maximum absolute atomic E-state index is 9.43. The predicted octanol–water partition coefficient (Wildman–Crippen LogP) is 2.34. The summed E-state index contributed by atoms with van der Waals surface area (Å²) >= 11 is 6.02. The van der Waals surface area contributed by atoms with Gasteiger partial charge in [-0.1, -0.05) is 23.7 Å². The Balaban J connectivity index is 0.00000162. The van der Waals surface area contributed by atoms with Crippen molar-refractivity contribution in [3.8, 4) is 0 Å². The summed E-state index contributed by atoms with van der Waals surface area (Å²) < 4.78 is 5.82. The van der Waals surface area contributed by atoms with Crippen LogP contribution in [0.5, 0.6) is 0 Å². The van der Waals surface area contributed by atoms with Crippen LogP contribution >= 0.6 is 24.0 Å². The lowest BCUT2D eigenvalue weighted by molar-refractivity contribution is 0.0115. The van der Waals surface area contributed by atoms with Gasteiger partial charge in [0.15, 0.2) is 0 Å². The minimum absolute atomic E-state index is 0. The summed E-state index contributed by atoms with van der Waals surface area (Å²) in [6.45, 7) is 4.39. The Hall–Kier alpha value is -0.320. The van der Waals surface area contributed by atoms with E-state index in [9.17, 15) is 5.11 Å². The second-order valence-electron chi connectivity index (χ2n) is 4.45. The van der Waals surface area contributed by atoms with Crippen molar-refractivity contribution < 1.29 is 9.84 Å². The van der Waals surface area contributed by atoms with Gasteiger partial charge < -0.3 is 15.2 Å². The summed E-state index contributed by atoms with van der Waals surface area (Å²) in [6.07, 6.45) is -0.0500. The first-order valence-corrected chi connectivity index (χ1v) is 6.29. The number of nitrogens with one attached hydrogen (secondary N) is 1. The number of halogens is 2. The normalized spacial score (nSPS) is 24.2. The first-order valence-electron chi connectivity index (χ1n) is 5.91. The average Bonchev–Trinajstić information content (AvgIpc) is 2.57. The maximum Gasteiger partial charge on any atom is 0.0887 e. The van der Waals surface area contributed by atoms with Crippen LogP contribution in [-0.4, -0.2) is 31.4 Å². The zero-order valence-corrected chi connectivity index (χ0v) is 11.9. The highest BCUT2D eigenvalue weighted by Crippen LogP contribution is 2.29. The van der Waals surface area contributed by atoms with Crippen LogP contribution in [0.1, 0.15) is 17.2 Å². The molecule has 5 heteroatoms. The average molecular weight is 292 g/mol. The number of ether oxygens (including phenoxy) is 1. The molecule has 1 aromatic carbocycles. The molecule has 1 heterocycles. The molecule has 1 aliphatic rings. The third-order valence-corrected chi connectivity index (χ3v) is 3.58. The van der Waals surface area contributed by atoms with Crippen molar-refractivity contribution in [2.45, 2.75) is 13.0 Å². The smallest absolute Gasteiger partial charge is 0.0887 e. The molecule has 2 rings (SSSR count). The van der Waals surface area contributed by atoms with E-state index < -0.39 is 0 Å². The molecule has 0 bridgehead atoms. The summed E-state index contributed by atoms with van der Waals surface area (Å²) in [5.74, 6) is 0.0954. The van der Waals surface area contributed by atoms with Crippen molar-refractivity contribution in [1.29, 1.82) is 0 Å². The Labute approximate surface area is 119 Å². The Morgan fingerprint density at radius 3 is 2.94 bits per heavy atom. The summed E-state index contributed by atoms with van der Waals surface area (Å²) in [7, 11) is 0. The zero-order chi connectivity index (χ0) is 12.3. The highest BCUT2D eigenvalue weighted by Gasteiger charge is 2.25. The lowest BCUT2D eigenvalue weighted by Crippen LogP contribution is -2.27. The summed E-state index contributed by atoms with van der Waals surface area (Å²) in [6, 6.07) is 5.91. The van der Waals surface area contributed by atoms with Crippen LogP contribution in [0.25, 0.3) is 0 Å². The van der Waals surface area contributed by atoms with Crippen molar-refractivity contribution in [3.05, 3.63) is 34.3 Å². The fourth-order valence-electron chi connectivity index (χ4n) is 2.16. The molecule has 18 heavy (non-hydrogen) atoms. The molecule has 1 aliphatic heterocycles. The van der Waals surface area contributed by atoms with Crippen molar-refractivity contribution in [3.63, 3.8) is 0 Å². The van der Waals surface area contributed by atoms with Crippen molar-refractivity contribution in [2.24, 2.45) is 5.92 Å². The number of rotatable bonds is 2. The van der Waals surface area contributed by atoms with E-state index in [4.69, 9.17) is 16.3 Å². The van der Waals surface area contributed by atoms with Crippen LogP contribution in [0.4, 0.5) is 0 Å². The highest BCUT2D eigenvalue weighted by molar-refractivity contribution is 6.31. The van der Waals surface area contributed by atoms with Crippen molar-refractivity contribution in [2.75, 3.05) is 26.3 Å². The third-order valence-electron chi connectivity index (χ3n) is 3.16. The van der Waals surface area contributed by atoms with Gasteiger partial charge in [-0.3, -0.25) is 0 Å². The Kier molecular flexibility index (Phi) is 6.39. The Bertz CT molecular complexity index is 387. The van der Waals surface area contributed by atoms with Gasteiger partial charge >= 0.3 is 0 Å². The molecule has 0 spiro atoms. The van der Waals surface area contributed by atoms with Gasteiger partial charge in [-0.2, -0.15) is 0 Å². The van der Waals surface area contributed by atoms with Crippen LogP contribution in [0.2, 0.25) is 5.02 Å². The van der Waals surface area contributed by atoms with E-state index in [0.29, 0.717) is 6.61 Å². The van der Waals surface area contributed by atoms with Gasteiger partial charge in [0.1, 0.15) is 0 Å². The first-order chi connectivity index (χ1) is 8.22. The highest BCUT2D eigenvalue weighted by atomic mass is 35.5. The molecule has 2 atom stereocenters. The standard InChI is InChI=1S/C13H18ClNO2.ClH/c1-9-6-10(2-3-12(9)14)13-11(8-16)7-15-4-5-17-13;/h2-3,6,11,13,15-16H,4-5,7-8H2,1H3;1H/t11-,13-;/m1./s1. The van der Waals surface area contributed by atoms with Crippen LogP contribution in [0, 0.1) is 12.8 Å². The van der Waals surface area contributed by atoms with Crippen LogP contribution in [0.3, 0.4) is 0 Å². The quantitative estimate of drug-likeness (QED) is 0.879. The molecule has 0 amide bonds. The molecule has 0 radical (unpaired) electrons. The van der Waals surface area contributed by atoms with Gasteiger partial charge in [-0.25, -0.2) is 0 Å². The van der Waals surface area contributed by atoms with E-state index in [1.54, 1.807) is 0 Å². The molecule has 102 valence electrons. The third kappa shape index (κ3) is 3.59. The van der Waals surface area contributed by atoms with E-state index in [1.165, 1.54) is 0 Å². The molecule has 1 saturated heterocycles. The number of aliphatic hydroxyl groups is 1. The molecule has 0 aromatic heterocycles. The number of aryl methyl sites for hydroxylation is 1. The molecular formula is C13H19Cl2NO2. The molecular weight excluding hydrogens is 273 g/mol. The van der Waals surface area contributed by atoms with E-state index in [-0.39, 0.29) is 31.0 Å². The molecule has 1 aromatic rings. The van der Waals surface area contributed by atoms with Crippen LogP contribution < -0.4 is 5.32 Å². The first kappa shape index (κ1) is 15.7. The number of hydrogen-bond donors (Lipinski definition) is 2. The lowest BCUT2D eigenvalue weighted by atomic mass is 9.95. The molecule has 0 saturated carbocycles. The van der Waals surface area contributed by atoms with Gasteiger partial charge in [0.05, 0.1) is 12.7 Å². The molecule has 3 nitrogen and oxygen atoms in total. The minimum atomic E-state index is -0.0500. The van der Waals surface area contributed by atoms with E-state index >= 15 is 0 Å². The number of hydrogen-bond acceptors (Lipinski definition) is 3. The summed E-state index contributed by atoms with van der Waals surface area (Å²) in [4.78, 5) is 0. The van der Waals surface area contributed by atoms with Crippen LogP contribution in [-0.2, 0) is 4.74 Å². The van der Waals surface area contributed by atoms with Crippen molar-refractivity contribution in [1.82, 2.24) is 5.32 Å². The summed E-state index contributed by atoms with van der Waals surface area (Å²) in [5, 5.41) is 13.5. The monoisotopic (exact) mass is 291 g/mol. The predicted molar refractivity (Wildman–Crippen MR) is 75.6 cm³/mol. The fraction of sp³-hybridized carbons (Fsp3) is 0.538. The van der Waals surface area contributed by atoms with Crippen LogP contribution in [0.15, 0.2) is 18.2 Å². The summed E-state index contributed by atoms with van der Waals surface area (Å²) in [5.41, 5.74) is 2.14. The molecule has 1 fully saturated rings. The SMILES string of the molecule is Cc1cc([C@H]2OCCNC[C@@H]2CO)ccc1Cl.Cl. The van der Waals surface area contributed by atoms with Crippen molar-refractivity contribution >= 4 is 24.0 Å². The second-order valence-corrected chi connectivity index (χ2v) is 4.85. The Morgan fingerprint density at radius 1 is 1.50 bits per heavy atom. The van der Waals surface area contributed by atoms with Gasteiger partial charge in [-0.05, 0) is 24.1 Å². The maximum atomic E-state index is 9.43. The lowest BCUT2D eigenvalue weighted by Gasteiger charge is -2.23. The molecule has 0 aliphatic carbocycles. The fourth-order valence-corrected chi connectivity index (χ4v) is 2.28. The van der Waals surface area contributed by atoms with Gasteiger partial charge in [0.25, 0.3) is 0 Å².